The van der Waals surface area contributed by atoms with Gasteiger partial charge in [0.05, 0.1) is 0 Å². The van der Waals surface area contributed by atoms with Gasteiger partial charge in [-0.25, -0.2) is 9.78 Å². The zero-order valence-corrected chi connectivity index (χ0v) is 14.1. The molecule has 0 unspecified atom stereocenters. The highest BCUT2D eigenvalue weighted by atomic mass is 35.5. The second-order valence-corrected chi connectivity index (χ2v) is 6.08. The van der Waals surface area contributed by atoms with Gasteiger partial charge >= 0.3 is 6.03 Å². The molecule has 6 nitrogen and oxygen atoms in total. The highest BCUT2D eigenvalue weighted by Gasteiger charge is 2.23. The summed E-state index contributed by atoms with van der Waals surface area (Å²) in [5, 5.41) is 3.35. The van der Waals surface area contributed by atoms with Crippen molar-refractivity contribution in [2.24, 2.45) is 0 Å². The topological polar surface area (TPSA) is 65.5 Å². The second-order valence-electron chi connectivity index (χ2n) is 5.69. The molecule has 3 amide bonds. The van der Waals surface area contributed by atoms with Crippen LogP contribution in [0.5, 0.6) is 0 Å². The molecule has 0 atom stereocenters. The van der Waals surface area contributed by atoms with Crippen LogP contribution >= 0.6 is 11.6 Å². The molecule has 0 aliphatic carbocycles. The summed E-state index contributed by atoms with van der Waals surface area (Å²) < 4.78 is 0. The van der Waals surface area contributed by atoms with Crippen LogP contribution in [0.3, 0.4) is 0 Å². The molecule has 0 bridgehead atoms. The number of nitrogens with zero attached hydrogens (tertiary/aromatic N) is 3. The SMILES string of the molecule is CN(C)C(=O)NC1CCN(C(=O)C=Cc2ccnc(Cl)c2)CC1. The summed E-state index contributed by atoms with van der Waals surface area (Å²) >= 11 is 5.81. The molecule has 7 heteroatoms. The fourth-order valence-electron chi connectivity index (χ4n) is 2.34. The van der Waals surface area contributed by atoms with Gasteiger partial charge < -0.3 is 15.1 Å². The quantitative estimate of drug-likeness (QED) is 0.678. The van der Waals surface area contributed by atoms with E-state index in [0.29, 0.717) is 18.2 Å². The lowest BCUT2D eigenvalue weighted by Crippen LogP contribution is -2.48. The van der Waals surface area contributed by atoms with Crippen molar-refractivity contribution in [1.82, 2.24) is 20.1 Å². The molecular weight excluding hydrogens is 316 g/mol. The van der Waals surface area contributed by atoms with Gasteiger partial charge in [-0.2, -0.15) is 0 Å². The maximum atomic E-state index is 12.2. The van der Waals surface area contributed by atoms with E-state index in [9.17, 15) is 9.59 Å². The number of nitrogens with one attached hydrogen (secondary N) is 1. The monoisotopic (exact) mass is 336 g/mol. The minimum atomic E-state index is -0.0933. The van der Waals surface area contributed by atoms with E-state index in [-0.39, 0.29) is 18.0 Å². The Hall–Kier alpha value is -2.08. The number of carbonyl (C=O) groups is 2. The fourth-order valence-corrected chi connectivity index (χ4v) is 2.52. The summed E-state index contributed by atoms with van der Waals surface area (Å²) in [5.41, 5.74) is 0.839. The third-order valence-electron chi connectivity index (χ3n) is 3.71. The van der Waals surface area contributed by atoms with Crippen LogP contribution in [0, 0.1) is 0 Å². The predicted molar refractivity (Wildman–Crippen MR) is 90.1 cm³/mol. The van der Waals surface area contributed by atoms with E-state index in [4.69, 9.17) is 11.6 Å². The molecule has 1 saturated heterocycles. The molecule has 0 spiro atoms. The van der Waals surface area contributed by atoms with Gasteiger partial charge in [0.25, 0.3) is 0 Å². The highest BCUT2D eigenvalue weighted by molar-refractivity contribution is 6.29. The first kappa shape index (κ1) is 17.3. The zero-order chi connectivity index (χ0) is 16.8. The van der Waals surface area contributed by atoms with E-state index >= 15 is 0 Å². The van der Waals surface area contributed by atoms with Crippen molar-refractivity contribution in [3.8, 4) is 0 Å². The number of rotatable bonds is 3. The van der Waals surface area contributed by atoms with Crippen molar-refractivity contribution in [1.29, 1.82) is 0 Å². The standard InChI is InChI=1S/C16H21ClN4O2/c1-20(2)16(23)19-13-6-9-21(10-7-13)15(22)4-3-12-5-8-18-14(17)11-12/h3-5,8,11,13H,6-7,9-10H2,1-2H3,(H,19,23). The van der Waals surface area contributed by atoms with Crippen LogP contribution in [0.2, 0.25) is 5.15 Å². The van der Waals surface area contributed by atoms with E-state index in [1.807, 2.05) is 0 Å². The van der Waals surface area contributed by atoms with E-state index in [1.165, 1.54) is 4.90 Å². The van der Waals surface area contributed by atoms with Gasteiger partial charge in [-0.1, -0.05) is 11.6 Å². The lowest BCUT2D eigenvalue weighted by atomic mass is 10.1. The van der Waals surface area contributed by atoms with Crippen LogP contribution in [0.4, 0.5) is 4.79 Å². The average Bonchev–Trinajstić information content (AvgIpc) is 2.53. The molecule has 124 valence electrons. The third kappa shape index (κ3) is 5.25. The van der Waals surface area contributed by atoms with Gasteiger partial charge in [-0.15, -0.1) is 0 Å². The maximum Gasteiger partial charge on any atom is 0.317 e. The van der Waals surface area contributed by atoms with Crippen LogP contribution in [0.25, 0.3) is 6.08 Å². The largest absolute Gasteiger partial charge is 0.339 e. The lowest BCUT2D eigenvalue weighted by Gasteiger charge is -2.32. The Morgan fingerprint density at radius 2 is 2.09 bits per heavy atom. The van der Waals surface area contributed by atoms with Crippen molar-refractivity contribution in [3.05, 3.63) is 35.1 Å². The first-order valence-electron chi connectivity index (χ1n) is 7.52. The molecule has 1 aliphatic heterocycles. The first-order chi connectivity index (χ1) is 11.0. The van der Waals surface area contributed by atoms with E-state index in [0.717, 1.165) is 18.4 Å². The van der Waals surface area contributed by atoms with Gasteiger partial charge in [-0.05, 0) is 36.6 Å². The van der Waals surface area contributed by atoms with E-state index < -0.39 is 0 Å². The number of aromatic nitrogens is 1. The smallest absolute Gasteiger partial charge is 0.317 e. The predicted octanol–water partition coefficient (Wildman–Crippen LogP) is 2.01. The Morgan fingerprint density at radius 3 is 2.70 bits per heavy atom. The van der Waals surface area contributed by atoms with Crippen LogP contribution in [0.15, 0.2) is 24.4 Å². The zero-order valence-electron chi connectivity index (χ0n) is 13.3. The Labute approximate surface area is 141 Å². The van der Waals surface area contributed by atoms with Crippen molar-refractivity contribution in [3.63, 3.8) is 0 Å². The first-order valence-corrected chi connectivity index (χ1v) is 7.90. The van der Waals surface area contributed by atoms with Gasteiger partial charge in [0, 0.05) is 45.5 Å². The molecule has 2 heterocycles. The number of hydrogen-bond acceptors (Lipinski definition) is 3. The Bertz CT molecular complexity index is 595. The van der Waals surface area contributed by atoms with Crippen molar-refractivity contribution >= 4 is 29.6 Å². The van der Waals surface area contributed by atoms with E-state index in [1.54, 1.807) is 49.5 Å². The molecule has 1 aromatic heterocycles. The molecular formula is C16H21ClN4O2. The van der Waals surface area contributed by atoms with Gasteiger partial charge in [0.1, 0.15) is 5.15 Å². The van der Waals surface area contributed by atoms with Crippen molar-refractivity contribution in [2.75, 3.05) is 27.2 Å². The van der Waals surface area contributed by atoms with E-state index in [2.05, 4.69) is 10.3 Å². The number of pyridine rings is 1. The molecule has 23 heavy (non-hydrogen) atoms. The summed E-state index contributed by atoms with van der Waals surface area (Å²) in [6.07, 6.45) is 6.41. The van der Waals surface area contributed by atoms with Gasteiger partial charge in [-0.3, -0.25) is 4.79 Å². The number of likely N-dealkylation sites (tertiary alicyclic amines) is 1. The summed E-state index contributed by atoms with van der Waals surface area (Å²) in [5.74, 6) is -0.0321. The molecule has 0 aromatic carbocycles. The number of hydrogen-bond donors (Lipinski definition) is 1. The van der Waals surface area contributed by atoms with Crippen LogP contribution < -0.4 is 5.32 Å². The molecule has 0 radical (unpaired) electrons. The average molecular weight is 337 g/mol. The Kier molecular flexibility index (Phi) is 5.98. The maximum absolute atomic E-state index is 12.2. The minimum Gasteiger partial charge on any atom is -0.339 e. The normalized spacial score (nSPS) is 15.7. The molecule has 1 aromatic rings. The van der Waals surface area contributed by atoms with Crippen molar-refractivity contribution in [2.45, 2.75) is 18.9 Å². The van der Waals surface area contributed by atoms with Crippen molar-refractivity contribution < 1.29 is 9.59 Å². The number of piperidine rings is 1. The molecule has 2 rings (SSSR count). The molecule has 1 aliphatic rings. The summed E-state index contributed by atoms with van der Waals surface area (Å²) in [6, 6.07) is 3.52. The summed E-state index contributed by atoms with van der Waals surface area (Å²) in [6.45, 7) is 1.28. The second kappa shape index (κ2) is 7.97. The summed E-state index contributed by atoms with van der Waals surface area (Å²) in [7, 11) is 3.42. The van der Waals surface area contributed by atoms with Crippen LogP contribution in [0.1, 0.15) is 18.4 Å². The van der Waals surface area contributed by atoms with Gasteiger partial charge in [0.2, 0.25) is 5.91 Å². The number of halogens is 1. The van der Waals surface area contributed by atoms with Crippen LogP contribution in [-0.2, 0) is 4.79 Å². The molecule has 1 fully saturated rings. The van der Waals surface area contributed by atoms with Crippen LogP contribution in [-0.4, -0.2) is 59.9 Å². The lowest BCUT2D eigenvalue weighted by molar-refractivity contribution is -0.127. The summed E-state index contributed by atoms with van der Waals surface area (Å²) in [4.78, 5) is 31.0. The number of carbonyl (C=O) groups excluding carboxylic acids is 2. The molecule has 1 N–H and O–H groups in total. The Balaban J connectivity index is 1.83. The fraction of sp³-hybridized carbons (Fsp3) is 0.438. The number of urea groups is 1. The number of amides is 3. The third-order valence-corrected chi connectivity index (χ3v) is 3.92. The molecule has 0 saturated carbocycles. The Morgan fingerprint density at radius 1 is 1.39 bits per heavy atom. The minimum absolute atomic E-state index is 0.0321. The van der Waals surface area contributed by atoms with Gasteiger partial charge in [0.15, 0.2) is 0 Å². The highest BCUT2D eigenvalue weighted by Crippen LogP contribution is 2.13.